The van der Waals surface area contributed by atoms with Crippen molar-refractivity contribution in [2.24, 2.45) is 10.7 Å². The van der Waals surface area contributed by atoms with Gasteiger partial charge in [-0.05, 0) is 62.3 Å². The molecule has 214 valence electrons. The fourth-order valence-corrected chi connectivity index (χ4v) is 5.77. The van der Waals surface area contributed by atoms with Crippen molar-refractivity contribution >= 4 is 34.6 Å². The smallest absolute Gasteiger partial charge is 0.204 e. The Balaban J connectivity index is 1.42. The van der Waals surface area contributed by atoms with Crippen LogP contribution >= 0.6 is 11.8 Å². The van der Waals surface area contributed by atoms with Gasteiger partial charge in [-0.1, -0.05) is 18.2 Å². The van der Waals surface area contributed by atoms with Crippen LogP contribution in [0.3, 0.4) is 0 Å². The van der Waals surface area contributed by atoms with Gasteiger partial charge in [0.2, 0.25) is 5.82 Å². The predicted octanol–water partition coefficient (Wildman–Crippen LogP) is 7.31. The van der Waals surface area contributed by atoms with Gasteiger partial charge >= 0.3 is 0 Å². The zero-order valence-electron chi connectivity index (χ0n) is 22.6. The second kappa shape index (κ2) is 11.9. The summed E-state index contributed by atoms with van der Waals surface area (Å²) in [5, 5.41) is 9.73. The lowest BCUT2D eigenvalue weighted by molar-refractivity contribution is 0.237. The summed E-state index contributed by atoms with van der Waals surface area (Å²) in [7, 11) is 0. The number of fused-ring (bicyclic) bond motifs is 2. The number of hydrogen-bond acceptors (Lipinski definition) is 6. The van der Waals surface area contributed by atoms with Crippen molar-refractivity contribution in [2.45, 2.75) is 36.5 Å². The van der Waals surface area contributed by atoms with Crippen LogP contribution in [0.15, 0.2) is 70.3 Å². The maximum atomic E-state index is 14.9. The zero-order chi connectivity index (χ0) is 29.1. The maximum Gasteiger partial charge on any atom is 0.204 e. The van der Waals surface area contributed by atoms with Gasteiger partial charge in [0.25, 0.3) is 0 Å². The van der Waals surface area contributed by atoms with E-state index in [1.807, 2.05) is 25.1 Å². The van der Waals surface area contributed by atoms with Crippen molar-refractivity contribution in [3.8, 4) is 17.2 Å². The third-order valence-electron chi connectivity index (χ3n) is 7.40. The van der Waals surface area contributed by atoms with E-state index >= 15 is 0 Å². The molecule has 1 unspecified atom stereocenters. The Labute approximate surface area is 240 Å². The van der Waals surface area contributed by atoms with Crippen LogP contribution in [0.1, 0.15) is 30.9 Å². The van der Waals surface area contributed by atoms with E-state index in [1.54, 1.807) is 18.4 Å². The van der Waals surface area contributed by atoms with Gasteiger partial charge in [0, 0.05) is 47.1 Å². The number of nitrogens with zero attached hydrogens (tertiary/aromatic N) is 1. The minimum absolute atomic E-state index is 0.0511. The minimum atomic E-state index is -1.14. The Kier molecular flexibility index (Phi) is 8.32. The molecule has 0 amide bonds. The highest BCUT2D eigenvalue weighted by Gasteiger charge is 2.36. The van der Waals surface area contributed by atoms with E-state index in [0.29, 0.717) is 41.8 Å². The van der Waals surface area contributed by atoms with E-state index < -0.39 is 22.9 Å². The summed E-state index contributed by atoms with van der Waals surface area (Å²) in [6, 6.07) is 11.4. The molecule has 41 heavy (non-hydrogen) atoms. The van der Waals surface area contributed by atoms with E-state index in [1.165, 1.54) is 36.3 Å². The van der Waals surface area contributed by atoms with E-state index in [-0.39, 0.29) is 29.3 Å². The van der Waals surface area contributed by atoms with Crippen LogP contribution in [-0.2, 0) is 11.8 Å². The Morgan fingerprint density at radius 3 is 2.83 bits per heavy atom. The van der Waals surface area contributed by atoms with Gasteiger partial charge in [0.1, 0.15) is 23.0 Å². The quantitative estimate of drug-likeness (QED) is 0.142. The third-order valence-corrected chi connectivity index (χ3v) is 8.21. The van der Waals surface area contributed by atoms with Gasteiger partial charge in [0.15, 0.2) is 11.6 Å². The first-order chi connectivity index (χ1) is 19.8. The lowest BCUT2D eigenvalue weighted by atomic mass is 9.74. The first kappa shape index (κ1) is 28.6. The zero-order valence-corrected chi connectivity index (χ0v) is 23.5. The Morgan fingerprint density at radius 2 is 2.05 bits per heavy atom. The number of ether oxygens (including phenoxy) is 2. The number of aliphatic hydroxyl groups excluding tert-OH is 1. The number of rotatable bonds is 9. The molecule has 0 fully saturated rings. The average molecular weight is 582 g/mol. The van der Waals surface area contributed by atoms with Crippen molar-refractivity contribution in [1.82, 2.24) is 4.98 Å². The first-order valence-corrected chi connectivity index (χ1v) is 14.4. The summed E-state index contributed by atoms with van der Waals surface area (Å²) >= 11 is 1.21. The molecule has 1 aliphatic rings. The number of aliphatic imine (C=N–C) groups is 1. The summed E-state index contributed by atoms with van der Waals surface area (Å²) in [5.74, 6) is -2.21. The van der Waals surface area contributed by atoms with E-state index in [2.05, 4.69) is 9.98 Å². The molecule has 0 radical (unpaired) electrons. The number of aliphatic hydroxyl groups is 1. The summed E-state index contributed by atoms with van der Waals surface area (Å²) in [4.78, 5) is 7.35. The van der Waals surface area contributed by atoms with Gasteiger partial charge < -0.3 is 25.3 Å². The average Bonchev–Trinajstić information content (AvgIpc) is 3.46. The van der Waals surface area contributed by atoms with Crippen molar-refractivity contribution < 1.29 is 27.8 Å². The van der Waals surface area contributed by atoms with Crippen LogP contribution < -0.4 is 15.2 Å². The molecule has 1 aliphatic heterocycles. The third kappa shape index (κ3) is 5.41. The number of benzene rings is 3. The lowest BCUT2D eigenvalue weighted by Crippen LogP contribution is -2.35. The van der Waals surface area contributed by atoms with Crippen LogP contribution in [0, 0.1) is 17.5 Å². The SMILES string of the molecule is CSc1c(Oc2ccc(F)c(N=C/C=C(\N)C3(C)CCOc4c(CCCO)cccc43)c2)c(F)c(F)c2[nH]ccc12. The number of allylic oxidation sites excluding steroid dienone is 2. The van der Waals surface area contributed by atoms with Crippen molar-refractivity contribution in [2.75, 3.05) is 19.5 Å². The number of para-hydroxylation sites is 1. The first-order valence-electron chi connectivity index (χ1n) is 13.1. The molecule has 0 saturated heterocycles. The molecule has 3 aromatic carbocycles. The Bertz CT molecular complexity index is 1650. The number of aromatic amines is 1. The van der Waals surface area contributed by atoms with Crippen LogP contribution in [0.5, 0.6) is 17.2 Å². The maximum absolute atomic E-state index is 14.9. The van der Waals surface area contributed by atoms with Crippen LogP contribution in [0.4, 0.5) is 18.9 Å². The number of aryl methyl sites for hydroxylation is 1. The highest BCUT2D eigenvalue weighted by molar-refractivity contribution is 7.99. The molecular formula is C31H30F3N3O3S. The highest BCUT2D eigenvalue weighted by Crippen LogP contribution is 2.44. The number of hydrogen-bond donors (Lipinski definition) is 3. The molecule has 0 spiro atoms. The molecule has 4 N–H and O–H groups in total. The fourth-order valence-electron chi connectivity index (χ4n) is 5.07. The predicted molar refractivity (Wildman–Crippen MR) is 156 cm³/mol. The van der Waals surface area contributed by atoms with E-state index in [0.717, 1.165) is 22.9 Å². The molecule has 0 aliphatic carbocycles. The Morgan fingerprint density at radius 1 is 1.22 bits per heavy atom. The topological polar surface area (TPSA) is 92.9 Å². The molecule has 0 saturated carbocycles. The molecule has 10 heteroatoms. The minimum Gasteiger partial charge on any atom is -0.493 e. The van der Waals surface area contributed by atoms with E-state index in [9.17, 15) is 18.3 Å². The second-order valence-electron chi connectivity index (χ2n) is 9.92. The summed E-state index contributed by atoms with van der Waals surface area (Å²) in [6.45, 7) is 2.59. The standard InChI is InChI=1S/C31H30F3N3O3S/c1-31(12-16-39-28-18(6-4-15-38)5-3-7-21(28)31)24(35)11-14-36-23-17-19(8-9-22(23)32)40-29-26(34)25(33)27-20(10-13-37-27)30(29)41-2/h3,5,7-11,13-14,17,37-38H,4,6,12,15-16,35H2,1-2H3/b24-11-,36-14?. The highest BCUT2D eigenvalue weighted by atomic mass is 32.2. The molecule has 0 bridgehead atoms. The van der Waals surface area contributed by atoms with Crippen LogP contribution in [0.2, 0.25) is 0 Å². The van der Waals surface area contributed by atoms with Crippen LogP contribution in [0.25, 0.3) is 10.9 Å². The number of thioether (sulfide) groups is 1. The molecule has 5 rings (SSSR count). The number of halogens is 3. The monoisotopic (exact) mass is 581 g/mol. The van der Waals surface area contributed by atoms with E-state index in [4.69, 9.17) is 15.2 Å². The fraction of sp³-hybridized carbons (Fsp3) is 0.258. The van der Waals surface area contributed by atoms with Gasteiger partial charge in [-0.2, -0.15) is 4.39 Å². The molecule has 1 atom stereocenters. The van der Waals surface area contributed by atoms with Crippen LogP contribution in [-0.4, -0.2) is 35.8 Å². The number of H-pyrrole nitrogens is 1. The summed E-state index contributed by atoms with van der Waals surface area (Å²) in [5.41, 5.74) is 8.50. The Hall–Kier alpha value is -3.89. The molecule has 2 heterocycles. The van der Waals surface area contributed by atoms with Gasteiger partial charge in [-0.25, -0.2) is 8.78 Å². The van der Waals surface area contributed by atoms with Gasteiger partial charge in [0.05, 0.1) is 17.0 Å². The lowest BCUT2D eigenvalue weighted by Gasteiger charge is -2.37. The van der Waals surface area contributed by atoms with Crippen molar-refractivity contribution in [3.05, 3.63) is 89.0 Å². The number of nitrogens with one attached hydrogen (secondary N) is 1. The molecule has 1 aromatic heterocycles. The number of aromatic nitrogens is 1. The van der Waals surface area contributed by atoms with Gasteiger partial charge in [-0.15, -0.1) is 11.8 Å². The van der Waals surface area contributed by atoms with Crippen molar-refractivity contribution in [1.29, 1.82) is 0 Å². The summed E-state index contributed by atoms with van der Waals surface area (Å²) < 4.78 is 56.0. The number of nitrogens with two attached hydrogens (primary N) is 1. The van der Waals surface area contributed by atoms with Crippen molar-refractivity contribution in [3.63, 3.8) is 0 Å². The normalized spacial score (nSPS) is 17.2. The molecule has 4 aromatic rings. The van der Waals surface area contributed by atoms with Gasteiger partial charge in [-0.3, -0.25) is 4.99 Å². The summed E-state index contributed by atoms with van der Waals surface area (Å²) in [6.07, 6.45) is 8.25. The second-order valence-corrected chi connectivity index (χ2v) is 10.7. The molecule has 6 nitrogen and oxygen atoms in total. The largest absolute Gasteiger partial charge is 0.493 e. The molecular weight excluding hydrogens is 551 g/mol.